The predicted molar refractivity (Wildman–Crippen MR) is 66.2 cm³/mol. The van der Waals surface area contributed by atoms with Crippen molar-refractivity contribution < 1.29 is 19.0 Å². The van der Waals surface area contributed by atoms with Crippen LogP contribution in [0.3, 0.4) is 0 Å². The number of ether oxygens (including phenoxy) is 1. The Bertz CT molecular complexity index is 423. The lowest BCUT2D eigenvalue weighted by Crippen LogP contribution is -2.32. The molecule has 4 nitrogen and oxygen atoms in total. The maximum atomic E-state index is 13.9. The number of carboxylic acid groups (broad SMARTS) is 1. The van der Waals surface area contributed by atoms with E-state index in [4.69, 9.17) is 9.84 Å². The van der Waals surface area contributed by atoms with E-state index in [0.717, 1.165) is 0 Å². The quantitative estimate of drug-likeness (QED) is 0.844. The Labute approximate surface area is 106 Å². The number of hydrogen-bond acceptors (Lipinski definition) is 3. The van der Waals surface area contributed by atoms with Gasteiger partial charge in [-0.05, 0) is 20.0 Å². The number of benzene rings is 1. The van der Waals surface area contributed by atoms with Crippen molar-refractivity contribution in [2.75, 3.05) is 20.8 Å². The summed E-state index contributed by atoms with van der Waals surface area (Å²) in [6.07, 6.45) is 0. The van der Waals surface area contributed by atoms with Crippen LogP contribution in [-0.4, -0.2) is 42.8 Å². The first-order valence-corrected chi connectivity index (χ1v) is 5.67. The number of hydrogen-bond donors (Lipinski definition) is 1. The molecule has 100 valence electrons. The molecule has 0 amide bonds. The summed E-state index contributed by atoms with van der Waals surface area (Å²) >= 11 is 0. The highest BCUT2D eigenvalue weighted by atomic mass is 19.1. The number of nitrogens with zero attached hydrogens (tertiary/aromatic N) is 1. The minimum atomic E-state index is -1.25. The average molecular weight is 255 g/mol. The zero-order valence-electron chi connectivity index (χ0n) is 10.8. The van der Waals surface area contributed by atoms with Crippen molar-refractivity contribution in [1.82, 2.24) is 4.90 Å². The predicted octanol–water partition coefficient (Wildman–Crippen LogP) is 1.99. The number of aromatic carboxylic acids is 1. The van der Waals surface area contributed by atoms with Crippen molar-refractivity contribution in [2.45, 2.75) is 19.5 Å². The fraction of sp³-hybridized carbons (Fsp3) is 0.462. The number of rotatable bonds is 6. The Balaban J connectivity index is 2.85. The molecule has 0 radical (unpaired) electrons. The fourth-order valence-corrected chi connectivity index (χ4v) is 1.66. The van der Waals surface area contributed by atoms with Crippen LogP contribution in [0.1, 0.15) is 22.8 Å². The number of methoxy groups -OCH3 is 1. The van der Waals surface area contributed by atoms with Gasteiger partial charge in [0, 0.05) is 25.3 Å². The number of carbonyl (C=O) groups is 1. The van der Waals surface area contributed by atoms with Gasteiger partial charge in [-0.1, -0.05) is 12.1 Å². The van der Waals surface area contributed by atoms with Crippen LogP contribution in [0.5, 0.6) is 0 Å². The van der Waals surface area contributed by atoms with Crippen LogP contribution in [-0.2, 0) is 11.3 Å². The fourth-order valence-electron chi connectivity index (χ4n) is 1.66. The van der Waals surface area contributed by atoms with Crippen LogP contribution in [0.25, 0.3) is 0 Å². The summed E-state index contributed by atoms with van der Waals surface area (Å²) < 4.78 is 18.9. The molecule has 1 unspecified atom stereocenters. The molecule has 0 aliphatic heterocycles. The van der Waals surface area contributed by atoms with Gasteiger partial charge in [0.1, 0.15) is 5.82 Å². The van der Waals surface area contributed by atoms with E-state index < -0.39 is 11.8 Å². The molecule has 0 bridgehead atoms. The molecule has 0 aromatic heterocycles. The first kappa shape index (κ1) is 14.6. The first-order valence-electron chi connectivity index (χ1n) is 5.67. The monoisotopic (exact) mass is 255 g/mol. The second-order valence-corrected chi connectivity index (χ2v) is 4.30. The summed E-state index contributed by atoms with van der Waals surface area (Å²) in [5.41, 5.74) is 0.0839. The Morgan fingerprint density at radius 3 is 2.78 bits per heavy atom. The van der Waals surface area contributed by atoms with Crippen molar-refractivity contribution >= 4 is 5.97 Å². The lowest BCUT2D eigenvalue weighted by atomic mass is 10.1. The zero-order chi connectivity index (χ0) is 13.7. The van der Waals surface area contributed by atoms with Crippen molar-refractivity contribution in [3.8, 4) is 0 Å². The second-order valence-electron chi connectivity index (χ2n) is 4.30. The lowest BCUT2D eigenvalue weighted by Gasteiger charge is -2.24. The molecule has 0 aliphatic carbocycles. The van der Waals surface area contributed by atoms with Crippen LogP contribution < -0.4 is 0 Å². The van der Waals surface area contributed by atoms with Crippen LogP contribution in [0.4, 0.5) is 4.39 Å². The summed E-state index contributed by atoms with van der Waals surface area (Å²) in [5.74, 6) is -1.91. The van der Waals surface area contributed by atoms with E-state index in [9.17, 15) is 9.18 Å². The molecule has 0 spiro atoms. The Morgan fingerprint density at radius 1 is 1.56 bits per heavy atom. The van der Waals surface area contributed by atoms with Crippen LogP contribution in [0, 0.1) is 5.82 Å². The van der Waals surface area contributed by atoms with Gasteiger partial charge in [-0.15, -0.1) is 0 Å². The SMILES string of the molecule is COCC(C)N(C)Cc1cccc(C(=O)O)c1F. The van der Waals surface area contributed by atoms with Gasteiger partial charge in [0.05, 0.1) is 12.2 Å². The molecule has 0 aliphatic rings. The molecule has 1 aromatic rings. The molecular formula is C13H18FNO3. The standard InChI is InChI=1S/C13H18FNO3/c1-9(8-18-3)15(2)7-10-5-4-6-11(12(10)14)13(16)17/h4-6,9H,7-8H2,1-3H3,(H,16,17). The van der Waals surface area contributed by atoms with Crippen molar-refractivity contribution in [3.63, 3.8) is 0 Å². The van der Waals surface area contributed by atoms with Gasteiger partial charge < -0.3 is 9.84 Å². The summed E-state index contributed by atoms with van der Waals surface area (Å²) in [4.78, 5) is 12.7. The van der Waals surface area contributed by atoms with E-state index in [1.807, 2.05) is 18.9 Å². The molecule has 5 heteroatoms. The van der Waals surface area contributed by atoms with Crippen LogP contribution in [0.2, 0.25) is 0 Å². The molecule has 1 aromatic carbocycles. The third-order valence-electron chi connectivity index (χ3n) is 2.89. The molecule has 0 saturated carbocycles. The Hall–Kier alpha value is -1.46. The normalized spacial score (nSPS) is 12.7. The summed E-state index contributed by atoms with van der Waals surface area (Å²) in [7, 11) is 3.45. The Kier molecular flexibility index (Phi) is 5.25. The summed E-state index contributed by atoms with van der Waals surface area (Å²) in [6.45, 7) is 2.84. The van der Waals surface area contributed by atoms with E-state index >= 15 is 0 Å². The van der Waals surface area contributed by atoms with E-state index in [1.54, 1.807) is 19.2 Å². The number of carboxylic acids is 1. The molecular weight excluding hydrogens is 237 g/mol. The van der Waals surface area contributed by atoms with E-state index in [1.165, 1.54) is 6.07 Å². The smallest absolute Gasteiger partial charge is 0.338 e. The van der Waals surface area contributed by atoms with Crippen molar-refractivity contribution in [3.05, 3.63) is 35.1 Å². The number of likely N-dealkylation sites (N-methyl/N-ethyl adjacent to an activating group) is 1. The molecule has 1 atom stereocenters. The Morgan fingerprint density at radius 2 is 2.22 bits per heavy atom. The van der Waals surface area contributed by atoms with E-state index in [0.29, 0.717) is 18.7 Å². The maximum absolute atomic E-state index is 13.9. The van der Waals surface area contributed by atoms with E-state index in [2.05, 4.69) is 0 Å². The second kappa shape index (κ2) is 6.47. The van der Waals surface area contributed by atoms with Gasteiger partial charge in [0.2, 0.25) is 0 Å². The van der Waals surface area contributed by atoms with Gasteiger partial charge >= 0.3 is 5.97 Å². The van der Waals surface area contributed by atoms with Crippen molar-refractivity contribution in [2.24, 2.45) is 0 Å². The topological polar surface area (TPSA) is 49.8 Å². The first-order chi connectivity index (χ1) is 8.47. The summed E-state index contributed by atoms with van der Waals surface area (Å²) in [5, 5.41) is 8.84. The minimum Gasteiger partial charge on any atom is -0.478 e. The zero-order valence-corrected chi connectivity index (χ0v) is 10.8. The van der Waals surface area contributed by atoms with Gasteiger partial charge in [-0.25, -0.2) is 9.18 Å². The van der Waals surface area contributed by atoms with Gasteiger partial charge in [0.15, 0.2) is 0 Å². The number of halogens is 1. The molecule has 0 heterocycles. The molecule has 1 rings (SSSR count). The molecule has 0 saturated heterocycles. The molecule has 1 N–H and O–H groups in total. The van der Waals surface area contributed by atoms with Crippen LogP contribution in [0.15, 0.2) is 18.2 Å². The minimum absolute atomic E-state index is 0.128. The molecule has 0 fully saturated rings. The third-order valence-corrected chi connectivity index (χ3v) is 2.89. The van der Waals surface area contributed by atoms with Gasteiger partial charge in [-0.2, -0.15) is 0 Å². The average Bonchev–Trinajstić information content (AvgIpc) is 2.31. The maximum Gasteiger partial charge on any atom is 0.338 e. The third kappa shape index (κ3) is 3.51. The van der Waals surface area contributed by atoms with Gasteiger partial charge in [-0.3, -0.25) is 4.90 Å². The largest absolute Gasteiger partial charge is 0.478 e. The van der Waals surface area contributed by atoms with Gasteiger partial charge in [0.25, 0.3) is 0 Å². The highest BCUT2D eigenvalue weighted by molar-refractivity contribution is 5.88. The van der Waals surface area contributed by atoms with E-state index in [-0.39, 0.29) is 11.6 Å². The highest BCUT2D eigenvalue weighted by Gasteiger charge is 2.16. The lowest BCUT2D eigenvalue weighted by molar-refractivity contribution is 0.0691. The molecule has 18 heavy (non-hydrogen) atoms. The highest BCUT2D eigenvalue weighted by Crippen LogP contribution is 2.15. The summed E-state index contributed by atoms with van der Waals surface area (Å²) in [6, 6.07) is 4.54. The van der Waals surface area contributed by atoms with Crippen LogP contribution >= 0.6 is 0 Å². The van der Waals surface area contributed by atoms with Crippen molar-refractivity contribution in [1.29, 1.82) is 0 Å².